The summed E-state index contributed by atoms with van der Waals surface area (Å²) in [5.41, 5.74) is 1.43. The lowest BCUT2D eigenvalue weighted by molar-refractivity contribution is 0.536. The first kappa shape index (κ1) is 5.15. The molecule has 2 rings (SSSR count). The van der Waals surface area contributed by atoms with Gasteiger partial charge in [0.1, 0.15) is 0 Å². The van der Waals surface area contributed by atoms with Crippen molar-refractivity contribution in [3.8, 4) is 0 Å². The fourth-order valence-electron chi connectivity index (χ4n) is 1.60. The van der Waals surface area contributed by atoms with Gasteiger partial charge in [-0.15, -0.1) is 0 Å². The van der Waals surface area contributed by atoms with E-state index in [4.69, 9.17) is 0 Å². The first-order valence-corrected chi connectivity index (χ1v) is 3.64. The molecule has 0 aromatic heterocycles. The van der Waals surface area contributed by atoms with Gasteiger partial charge in [-0.2, -0.15) is 0 Å². The van der Waals surface area contributed by atoms with Gasteiger partial charge in [0.15, 0.2) is 0 Å². The molecule has 1 atom stereocenters. The van der Waals surface area contributed by atoms with Crippen LogP contribution in [0.1, 0.15) is 12.8 Å². The first-order valence-electron chi connectivity index (χ1n) is 3.64. The number of hydrogen-bond donors (Lipinski definition) is 2. The third-order valence-corrected chi connectivity index (χ3v) is 2.16. The van der Waals surface area contributed by atoms with Crippen molar-refractivity contribution < 1.29 is 0 Å². The van der Waals surface area contributed by atoms with Crippen molar-refractivity contribution in [2.75, 3.05) is 13.1 Å². The molecule has 1 unspecified atom stereocenters. The van der Waals surface area contributed by atoms with Gasteiger partial charge in [-0.25, -0.2) is 0 Å². The second-order valence-electron chi connectivity index (χ2n) is 2.75. The lowest BCUT2D eigenvalue weighted by atomic mass is 10.00. The molecular formula is C7H12N2. The SMILES string of the molecule is C1=C2NCCC2CCN1. The molecule has 0 aromatic carbocycles. The number of fused-ring (bicyclic) bond motifs is 1. The maximum absolute atomic E-state index is 3.36. The summed E-state index contributed by atoms with van der Waals surface area (Å²) in [6.45, 7) is 2.34. The molecule has 9 heavy (non-hydrogen) atoms. The summed E-state index contributed by atoms with van der Waals surface area (Å²) >= 11 is 0. The van der Waals surface area contributed by atoms with E-state index in [0.29, 0.717) is 0 Å². The molecule has 1 saturated heterocycles. The van der Waals surface area contributed by atoms with Crippen LogP contribution in [0, 0.1) is 5.92 Å². The molecule has 0 amide bonds. The fraction of sp³-hybridized carbons (Fsp3) is 0.714. The van der Waals surface area contributed by atoms with Gasteiger partial charge in [-0.3, -0.25) is 0 Å². The molecule has 2 N–H and O–H groups in total. The van der Waals surface area contributed by atoms with E-state index in [1.807, 2.05) is 0 Å². The van der Waals surface area contributed by atoms with Gasteiger partial charge in [0.2, 0.25) is 0 Å². The molecule has 0 aromatic rings. The third-order valence-electron chi connectivity index (χ3n) is 2.16. The Labute approximate surface area is 55.3 Å². The van der Waals surface area contributed by atoms with E-state index >= 15 is 0 Å². The summed E-state index contributed by atoms with van der Waals surface area (Å²) in [5, 5.41) is 6.59. The zero-order valence-corrected chi connectivity index (χ0v) is 5.48. The van der Waals surface area contributed by atoms with Crippen molar-refractivity contribution in [1.29, 1.82) is 0 Å². The van der Waals surface area contributed by atoms with Crippen LogP contribution in [0.5, 0.6) is 0 Å². The van der Waals surface area contributed by atoms with Crippen LogP contribution in [0.3, 0.4) is 0 Å². The molecule has 0 aliphatic carbocycles. The minimum absolute atomic E-state index is 0.853. The quantitative estimate of drug-likeness (QED) is 0.489. The highest BCUT2D eigenvalue weighted by Gasteiger charge is 2.21. The predicted molar refractivity (Wildman–Crippen MR) is 36.8 cm³/mol. The predicted octanol–water partition coefficient (Wildman–Crippen LogP) is 0.431. The van der Waals surface area contributed by atoms with Crippen LogP contribution in [0.15, 0.2) is 11.9 Å². The molecule has 0 bridgehead atoms. The summed E-state index contributed by atoms with van der Waals surface area (Å²) in [5.74, 6) is 0.853. The van der Waals surface area contributed by atoms with Crippen LogP contribution in [0.2, 0.25) is 0 Å². The molecule has 0 saturated carbocycles. The standard InChI is InChI=1S/C7H12N2/c1-3-8-5-7-6(1)2-4-9-7/h5-6,8-9H,1-4H2. The van der Waals surface area contributed by atoms with E-state index < -0.39 is 0 Å². The zero-order chi connectivity index (χ0) is 6.10. The summed E-state index contributed by atoms with van der Waals surface area (Å²) < 4.78 is 0. The average molecular weight is 124 g/mol. The third kappa shape index (κ3) is 0.784. The highest BCUT2D eigenvalue weighted by molar-refractivity contribution is 5.10. The second kappa shape index (κ2) is 1.94. The van der Waals surface area contributed by atoms with Gasteiger partial charge in [0.05, 0.1) is 0 Å². The van der Waals surface area contributed by atoms with Gasteiger partial charge in [-0.05, 0) is 12.8 Å². The zero-order valence-electron chi connectivity index (χ0n) is 5.48. The molecule has 2 heteroatoms. The Morgan fingerprint density at radius 2 is 2.22 bits per heavy atom. The van der Waals surface area contributed by atoms with E-state index in [-0.39, 0.29) is 0 Å². The van der Waals surface area contributed by atoms with Crippen molar-refractivity contribution in [2.24, 2.45) is 5.92 Å². The Morgan fingerprint density at radius 1 is 1.33 bits per heavy atom. The molecular weight excluding hydrogens is 112 g/mol. The maximum atomic E-state index is 3.36. The van der Waals surface area contributed by atoms with E-state index in [1.54, 1.807) is 0 Å². The van der Waals surface area contributed by atoms with Crippen LogP contribution in [0.25, 0.3) is 0 Å². The van der Waals surface area contributed by atoms with E-state index in [2.05, 4.69) is 16.8 Å². The Hall–Kier alpha value is -0.660. The van der Waals surface area contributed by atoms with Crippen LogP contribution in [0.4, 0.5) is 0 Å². The lowest BCUT2D eigenvalue weighted by Gasteiger charge is -2.16. The van der Waals surface area contributed by atoms with Gasteiger partial charge < -0.3 is 10.6 Å². The monoisotopic (exact) mass is 124 g/mol. The van der Waals surface area contributed by atoms with Gasteiger partial charge in [0.25, 0.3) is 0 Å². The molecule has 2 nitrogen and oxygen atoms in total. The minimum Gasteiger partial charge on any atom is -0.389 e. The molecule has 0 radical (unpaired) electrons. The number of hydrogen-bond acceptors (Lipinski definition) is 2. The van der Waals surface area contributed by atoms with Crippen molar-refractivity contribution in [2.45, 2.75) is 12.8 Å². The number of allylic oxidation sites excluding steroid dienone is 1. The largest absolute Gasteiger partial charge is 0.389 e. The highest BCUT2D eigenvalue weighted by atomic mass is 15.0. The summed E-state index contributed by atoms with van der Waals surface area (Å²) in [6, 6.07) is 0. The first-order chi connectivity index (χ1) is 4.47. The van der Waals surface area contributed by atoms with Crippen molar-refractivity contribution in [3.05, 3.63) is 11.9 Å². The van der Waals surface area contributed by atoms with Crippen molar-refractivity contribution >= 4 is 0 Å². The number of nitrogens with one attached hydrogen (secondary N) is 2. The van der Waals surface area contributed by atoms with Crippen LogP contribution >= 0.6 is 0 Å². The molecule has 0 spiro atoms. The van der Waals surface area contributed by atoms with Crippen LogP contribution in [-0.4, -0.2) is 13.1 Å². The molecule has 2 heterocycles. The van der Waals surface area contributed by atoms with E-state index in [9.17, 15) is 0 Å². The Kier molecular flexibility index (Phi) is 1.11. The summed E-state index contributed by atoms with van der Waals surface area (Å²) in [4.78, 5) is 0. The second-order valence-corrected chi connectivity index (χ2v) is 2.75. The maximum Gasteiger partial charge on any atom is 0.0299 e. The number of rotatable bonds is 0. The normalized spacial score (nSPS) is 32.0. The smallest absolute Gasteiger partial charge is 0.0299 e. The van der Waals surface area contributed by atoms with Gasteiger partial charge in [0, 0.05) is 30.9 Å². The Balaban J connectivity index is 2.16. The molecule has 50 valence electrons. The summed E-state index contributed by atoms with van der Waals surface area (Å²) in [6.07, 6.45) is 4.79. The fourth-order valence-corrected chi connectivity index (χ4v) is 1.60. The average Bonchev–Trinajstić information content (AvgIpc) is 2.33. The van der Waals surface area contributed by atoms with Crippen molar-refractivity contribution in [3.63, 3.8) is 0 Å². The lowest BCUT2D eigenvalue weighted by Crippen LogP contribution is -2.22. The Bertz CT molecular complexity index is 140. The molecule has 2 aliphatic rings. The van der Waals surface area contributed by atoms with E-state index in [0.717, 1.165) is 12.5 Å². The minimum atomic E-state index is 0.853. The highest BCUT2D eigenvalue weighted by Crippen LogP contribution is 2.23. The van der Waals surface area contributed by atoms with E-state index in [1.165, 1.54) is 25.1 Å². The van der Waals surface area contributed by atoms with Crippen molar-refractivity contribution in [1.82, 2.24) is 10.6 Å². The van der Waals surface area contributed by atoms with Crippen LogP contribution < -0.4 is 10.6 Å². The van der Waals surface area contributed by atoms with Crippen LogP contribution in [-0.2, 0) is 0 Å². The Morgan fingerprint density at radius 3 is 3.11 bits per heavy atom. The topological polar surface area (TPSA) is 24.1 Å². The molecule has 2 aliphatic heterocycles. The van der Waals surface area contributed by atoms with Gasteiger partial charge in [-0.1, -0.05) is 0 Å². The summed E-state index contributed by atoms with van der Waals surface area (Å²) in [7, 11) is 0. The van der Waals surface area contributed by atoms with Gasteiger partial charge >= 0.3 is 0 Å². The molecule has 1 fully saturated rings.